The van der Waals surface area contributed by atoms with Crippen molar-refractivity contribution in [3.63, 3.8) is 0 Å². The highest BCUT2D eigenvalue weighted by Crippen LogP contribution is 2.30. The van der Waals surface area contributed by atoms with Crippen LogP contribution in [0.5, 0.6) is 0 Å². The number of fused-ring (bicyclic) bond motifs is 1. The molecule has 1 aromatic carbocycles. The molecule has 21 heavy (non-hydrogen) atoms. The first-order valence-corrected chi connectivity index (χ1v) is 7.38. The molecule has 1 N–H and O–H groups in total. The van der Waals surface area contributed by atoms with Gasteiger partial charge in [0.25, 0.3) is 11.6 Å². The molecule has 0 saturated carbocycles. The summed E-state index contributed by atoms with van der Waals surface area (Å²) >= 11 is 5.79. The predicted octanol–water partition coefficient (Wildman–Crippen LogP) is 1.93. The fourth-order valence-corrected chi connectivity index (χ4v) is 3.39. The molecule has 0 aromatic heterocycles. The number of hydrogen-bond acceptors (Lipinski definition) is 4. The van der Waals surface area contributed by atoms with E-state index in [0.29, 0.717) is 24.9 Å². The number of benzene rings is 1. The zero-order chi connectivity index (χ0) is 15.0. The maximum absolute atomic E-state index is 12.6. The van der Waals surface area contributed by atoms with E-state index in [1.807, 2.05) is 0 Å². The number of piperidine rings is 1. The van der Waals surface area contributed by atoms with Crippen molar-refractivity contribution in [3.05, 3.63) is 38.9 Å². The molecular formula is C14H16ClN3O3. The Bertz CT molecular complexity index is 593. The Balaban J connectivity index is 1.83. The smallest absolute Gasteiger partial charge is 0.283 e. The molecule has 0 bridgehead atoms. The second kappa shape index (κ2) is 5.61. The van der Waals surface area contributed by atoms with E-state index in [2.05, 4.69) is 5.32 Å². The van der Waals surface area contributed by atoms with Crippen LogP contribution in [0.3, 0.4) is 0 Å². The number of hydrogen-bond donors (Lipinski definition) is 1. The Labute approximate surface area is 127 Å². The maximum atomic E-state index is 12.6. The van der Waals surface area contributed by atoms with Gasteiger partial charge in [0.2, 0.25) is 0 Å². The molecule has 0 spiro atoms. The zero-order valence-electron chi connectivity index (χ0n) is 11.4. The Morgan fingerprint density at radius 1 is 1.38 bits per heavy atom. The van der Waals surface area contributed by atoms with Crippen LogP contribution >= 0.6 is 11.6 Å². The molecule has 2 unspecified atom stereocenters. The summed E-state index contributed by atoms with van der Waals surface area (Å²) in [5.74, 6) is 0.798. The number of carbonyl (C=O) groups excluding carboxylic acids is 1. The lowest BCUT2D eigenvalue weighted by Gasteiger charge is -2.34. The van der Waals surface area contributed by atoms with Gasteiger partial charge in [-0.05, 0) is 43.5 Å². The van der Waals surface area contributed by atoms with Gasteiger partial charge in [0.15, 0.2) is 0 Å². The molecule has 2 aliphatic heterocycles. The fraction of sp³-hybridized carbons (Fsp3) is 0.500. The normalized spacial score (nSPS) is 24.7. The van der Waals surface area contributed by atoms with Crippen molar-refractivity contribution in [2.24, 2.45) is 11.8 Å². The van der Waals surface area contributed by atoms with Gasteiger partial charge in [-0.1, -0.05) is 11.6 Å². The topological polar surface area (TPSA) is 75.5 Å². The summed E-state index contributed by atoms with van der Waals surface area (Å²) in [7, 11) is 0. The molecule has 0 radical (unpaired) electrons. The molecule has 0 aliphatic carbocycles. The number of nitro groups is 1. The van der Waals surface area contributed by atoms with E-state index in [9.17, 15) is 14.9 Å². The Hall–Kier alpha value is -1.66. The van der Waals surface area contributed by atoms with Crippen molar-refractivity contribution in [1.29, 1.82) is 0 Å². The molecule has 6 nitrogen and oxygen atoms in total. The van der Waals surface area contributed by atoms with Crippen LogP contribution in [-0.2, 0) is 0 Å². The first-order chi connectivity index (χ1) is 10.1. The average Bonchev–Trinajstić information content (AvgIpc) is 2.93. The van der Waals surface area contributed by atoms with Crippen LogP contribution in [0.4, 0.5) is 5.69 Å². The van der Waals surface area contributed by atoms with E-state index >= 15 is 0 Å². The van der Waals surface area contributed by atoms with Crippen LogP contribution in [0.25, 0.3) is 0 Å². The molecule has 112 valence electrons. The number of likely N-dealkylation sites (tertiary alicyclic amines) is 1. The van der Waals surface area contributed by atoms with Crippen molar-refractivity contribution in [1.82, 2.24) is 10.2 Å². The minimum Gasteiger partial charge on any atom is -0.338 e. The van der Waals surface area contributed by atoms with Crippen LogP contribution in [0.1, 0.15) is 16.8 Å². The fourth-order valence-electron chi connectivity index (χ4n) is 3.23. The van der Waals surface area contributed by atoms with Gasteiger partial charge < -0.3 is 10.2 Å². The second-order valence-corrected chi connectivity index (χ2v) is 6.07. The summed E-state index contributed by atoms with van der Waals surface area (Å²) in [6, 6.07) is 4.20. The number of nitrogens with one attached hydrogen (secondary N) is 1. The highest BCUT2D eigenvalue weighted by molar-refractivity contribution is 6.31. The molecule has 1 aromatic rings. The number of nitrogens with zero attached hydrogens (tertiary/aromatic N) is 2. The van der Waals surface area contributed by atoms with Gasteiger partial charge >= 0.3 is 0 Å². The van der Waals surface area contributed by atoms with E-state index < -0.39 is 4.92 Å². The van der Waals surface area contributed by atoms with Crippen LogP contribution in [-0.4, -0.2) is 41.9 Å². The summed E-state index contributed by atoms with van der Waals surface area (Å²) < 4.78 is 0. The number of carbonyl (C=O) groups is 1. The highest BCUT2D eigenvalue weighted by atomic mass is 35.5. The summed E-state index contributed by atoms with van der Waals surface area (Å²) in [5, 5.41) is 14.7. The Kier molecular flexibility index (Phi) is 3.82. The summed E-state index contributed by atoms with van der Waals surface area (Å²) in [6.45, 7) is 3.24. The summed E-state index contributed by atoms with van der Waals surface area (Å²) in [4.78, 5) is 24.9. The molecule has 2 heterocycles. The average molecular weight is 310 g/mol. The van der Waals surface area contributed by atoms with E-state index in [0.717, 1.165) is 19.5 Å². The van der Waals surface area contributed by atoms with Gasteiger partial charge in [-0.15, -0.1) is 0 Å². The molecule has 2 aliphatic rings. The lowest BCUT2D eigenvalue weighted by atomic mass is 9.88. The Morgan fingerprint density at radius 3 is 2.90 bits per heavy atom. The third kappa shape index (κ3) is 2.73. The van der Waals surface area contributed by atoms with Gasteiger partial charge in [-0.3, -0.25) is 14.9 Å². The van der Waals surface area contributed by atoms with Crippen molar-refractivity contribution in [3.8, 4) is 0 Å². The van der Waals surface area contributed by atoms with E-state index in [4.69, 9.17) is 11.6 Å². The van der Waals surface area contributed by atoms with Gasteiger partial charge in [0.1, 0.15) is 5.56 Å². The number of nitro benzene ring substituents is 1. The minimum absolute atomic E-state index is 0.119. The molecule has 3 rings (SSSR count). The summed E-state index contributed by atoms with van der Waals surface area (Å²) in [6.07, 6.45) is 0.949. The highest BCUT2D eigenvalue weighted by Gasteiger charge is 2.36. The second-order valence-electron chi connectivity index (χ2n) is 5.64. The lowest BCUT2D eigenvalue weighted by Crippen LogP contribution is -2.43. The van der Waals surface area contributed by atoms with E-state index in [1.165, 1.54) is 18.2 Å². The van der Waals surface area contributed by atoms with Crippen molar-refractivity contribution in [2.75, 3.05) is 26.2 Å². The first kappa shape index (κ1) is 14.3. The van der Waals surface area contributed by atoms with Gasteiger partial charge in [0.05, 0.1) is 4.92 Å². The van der Waals surface area contributed by atoms with Crippen molar-refractivity contribution >= 4 is 23.2 Å². The summed E-state index contributed by atoms with van der Waals surface area (Å²) in [5.41, 5.74) is -0.104. The maximum Gasteiger partial charge on any atom is 0.283 e. The van der Waals surface area contributed by atoms with Gasteiger partial charge in [-0.2, -0.15) is 0 Å². The van der Waals surface area contributed by atoms with Crippen molar-refractivity contribution in [2.45, 2.75) is 6.42 Å². The standard InChI is InChI=1S/C14H16ClN3O3/c15-11-1-2-12(13(5-11)18(20)21)14(19)17-4-3-9-6-16-7-10(9)8-17/h1-2,5,9-10,16H,3-4,6-8H2. The van der Waals surface area contributed by atoms with Crippen LogP contribution < -0.4 is 5.32 Å². The van der Waals surface area contributed by atoms with Crippen LogP contribution in [0, 0.1) is 22.0 Å². The number of halogens is 1. The molecule has 2 fully saturated rings. The monoisotopic (exact) mass is 309 g/mol. The molecule has 1 amide bonds. The quantitative estimate of drug-likeness (QED) is 0.669. The number of rotatable bonds is 2. The largest absolute Gasteiger partial charge is 0.338 e. The molecule has 7 heteroatoms. The first-order valence-electron chi connectivity index (χ1n) is 7.00. The minimum atomic E-state index is -0.553. The van der Waals surface area contributed by atoms with Crippen LogP contribution in [0.2, 0.25) is 5.02 Å². The van der Waals surface area contributed by atoms with Gasteiger partial charge in [-0.25, -0.2) is 0 Å². The van der Waals surface area contributed by atoms with E-state index in [-0.39, 0.29) is 22.2 Å². The Morgan fingerprint density at radius 2 is 2.14 bits per heavy atom. The molecular weight excluding hydrogens is 294 g/mol. The molecule has 2 atom stereocenters. The van der Waals surface area contributed by atoms with E-state index in [1.54, 1.807) is 4.90 Å². The SMILES string of the molecule is O=C(c1ccc(Cl)cc1[N+](=O)[O-])N1CCC2CNCC2C1. The third-order valence-corrected chi connectivity index (χ3v) is 4.61. The zero-order valence-corrected chi connectivity index (χ0v) is 12.2. The van der Waals surface area contributed by atoms with Crippen molar-refractivity contribution < 1.29 is 9.72 Å². The predicted molar refractivity (Wildman–Crippen MR) is 78.5 cm³/mol. The van der Waals surface area contributed by atoms with Crippen LogP contribution in [0.15, 0.2) is 18.2 Å². The number of amides is 1. The lowest BCUT2D eigenvalue weighted by molar-refractivity contribution is -0.385. The third-order valence-electron chi connectivity index (χ3n) is 4.38. The van der Waals surface area contributed by atoms with Gasteiger partial charge in [0, 0.05) is 24.2 Å². The molecule has 2 saturated heterocycles.